The van der Waals surface area contributed by atoms with Gasteiger partial charge in [-0.3, -0.25) is 9.78 Å². The maximum atomic E-state index is 11.9. The fourth-order valence-corrected chi connectivity index (χ4v) is 2.04. The van der Waals surface area contributed by atoms with Crippen LogP contribution in [0.25, 0.3) is 0 Å². The number of hydrogen-bond acceptors (Lipinski definition) is 3. The first kappa shape index (κ1) is 14.5. The van der Waals surface area contributed by atoms with Crippen LogP contribution in [-0.2, 0) is 0 Å². The standard InChI is InChI=1S/C15H15BrN2O2/c1-11-3-2-4-12(7-11)15(19)18-5-6-20-14-8-13(16)9-17-10-14/h2-4,7-10H,5-6H2,1H3,(H,18,19). The molecule has 0 fully saturated rings. The molecule has 0 atom stereocenters. The van der Waals surface area contributed by atoms with Crippen molar-refractivity contribution in [2.75, 3.05) is 13.2 Å². The van der Waals surface area contributed by atoms with E-state index < -0.39 is 0 Å². The van der Waals surface area contributed by atoms with Gasteiger partial charge in [0.1, 0.15) is 12.4 Å². The average Bonchev–Trinajstić information content (AvgIpc) is 2.43. The molecule has 0 aliphatic rings. The van der Waals surface area contributed by atoms with Gasteiger partial charge in [-0.05, 0) is 41.1 Å². The van der Waals surface area contributed by atoms with Crippen LogP contribution in [0, 0.1) is 6.92 Å². The molecule has 1 heterocycles. The van der Waals surface area contributed by atoms with Crippen LogP contribution in [0.15, 0.2) is 47.2 Å². The first-order chi connectivity index (χ1) is 9.65. The fourth-order valence-electron chi connectivity index (χ4n) is 1.69. The monoisotopic (exact) mass is 334 g/mol. The van der Waals surface area contributed by atoms with Crippen LogP contribution in [0.2, 0.25) is 0 Å². The van der Waals surface area contributed by atoms with Crippen molar-refractivity contribution in [1.82, 2.24) is 10.3 Å². The lowest BCUT2D eigenvalue weighted by atomic mass is 10.1. The van der Waals surface area contributed by atoms with Crippen molar-refractivity contribution >= 4 is 21.8 Å². The third-order valence-electron chi connectivity index (χ3n) is 2.62. The Morgan fingerprint density at radius 1 is 1.35 bits per heavy atom. The van der Waals surface area contributed by atoms with Crippen LogP contribution in [0.3, 0.4) is 0 Å². The van der Waals surface area contributed by atoms with Gasteiger partial charge in [0.15, 0.2) is 0 Å². The zero-order chi connectivity index (χ0) is 14.4. The summed E-state index contributed by atoms with van der Waals surface area (Å²) < 4.78 is 6.35. The Balaban J connectivity index is 1.77. The van der Waals surface area contributed by atoms with Gasteiger partial charge in [-0.1, -0.05) is 17.7 Å². The molecule has 4 nitrogen and oxygen atoms in total. The lowest BCUT2D eigenvalue weighted by Gasteiger charge is -2.08. The van der Waals surface area contributed by atoms with Crippen LogP contribution in [0.4, 0.5) is 0 Å². The van der Waals surface area contributed by atoms with Gasteiger partial charge in [0.05, 0.1) is 12.7 Å². The Morgan fingerprint density at radius 3 is 2.95 bits per heavy atom. The molecule has 2 rings (SSSR count). The molecule has 1 N–H and O–H groups in total. The number of carbonyl (C=O) groups excluding carboxylic acids is 1. The van der Waals surface area contributed by atoms with Crippen molar-refractivity contribution in [2.45, 2.75) is 6.92 Å². The van der Waals surface area contributed by atoms with E-state index in [4.69, 9.17) is 4.74 Å². The summed E-state index contributed by atoms with van der Waals surface area (Å²) in [6.07, 6.45) is 3.32. The van der Waals surface area contributed by atoms with Gasteiger partial charge in [0.2, 0.25) is 0 Å². The second-order valence-electron chi connectivity index (χ2n) is 4.31. The second-order valence-corrected chi connectivity index (χ2v) is 5.23. The van der Waals surface area contributed by atoms with Crippen molar-refractivity contribution in [3.05, 3.63) is 58.3 Å². The smallest absolute Gasteiger partial charge is 0.251 e. The molecule has 0 spiro atoms. The SMILES string of the molecule is Cc1cccc(C(=O)NCCOc2cncc(Br)c2)c1. The highest BCUT2D eigenvalue weighted by Crippen LogP contribution is 2.15. The third-order valence-corrected chi connectivity index (χ3v) is 3.05. The molecule has 20 heavy (non-hydrogen) atoms. The molecule has 0 unspecified atom stereocenters. The topological polar surface area (TPSA) is 51.2 Å². The van der Waals surface area contributed by atoms with Crippen molar-refractivity contribution in [3.8, 4) is 5.75 Å². The molecular weight excluding hydrogens is 320 g/mol. The number of pyridine rings is 1. The number of amides is 1. The number of aromatic nitrogens is 1. The summed E-state index contributed by atoms with van der Waals surface area (Å²) in [5, 5.41) is 2.81. The Hall–Kier alpha value is -1.88. The zero-order valence-electron chi connectivity index (χ0n) is 11.1. The van der Waals surface area contributed by atoms with Crippen LogP contribution in [0.5, 0.6) is 5.75 Å². The third kappa shape index (κ3) is 4.35. The summed E-state index contributed by atoms with van der Waals surface area (Å²) in [6.45, 7) is 2.80. The summed E-state index contributed by atoms with van der Waals surface area (Å²) in [7, 11) is 0. The van der Waals surface area contributed by atoms with E-state index in [0.717, 1.165) is 10.0 Å². The predicted octanol–water partition coefficient (Wildman–Crippen LogP) is 2.96. The number of carbonyl (C=O) groups is 1. The number of hydrogen-bond donors (Lipinski definition) is 1. The molecule has 0 bridgehead atoms. The normalized spacial score (nSPS) is 10.1. The maximum absolute atomic E-state index is 11.9. The van der Waals surface area contributed by atoms with E-state index in [0.29, 0.717) is 24.5 Å². The number of rotatable bonds is 5. The molecule has 104 valence electrons. The number of nitrogens with one attached hydrogen (secondary N) is 1. The van der Waals surface area contributed by atoms with Crippen LogP contribution >= 0.6 is 15.9 Å². The molecule has 5 heteroatoms. The van der Waals surface area contributed by atoms with E-state index >= 15 is 0 Å². The zero-order valence-corrected chi connectivity index (χ0v) is 12.7. The molecule has 0 radical (unpaired) electrons. The van der Waals surface area contributed by atoms with Gasteiger partial charge in [-0.25, -0.2) is 0 Å². The Bertz CT molecular complexity index is 602. The molecule has 0 aliphatic carbocycles. The number of ether oxygens (including phenoxy) is 1. The summed E-state index contributed by atoms with van der Waals surface area (Å²) >= 11 is 3.32. The highest BCUT2D eigenvalue weighted by Gasteiger charge is 2.04. The first-order valence-electron chi connectivity index (χ1n) is 6.23. The van der Waals surface area contributed by atoms with Crippen molar-refractivity contribution in [3.63, 3.8) is 0 Å². The molecule has 1 aromatic carbocycles. The first-order valence-corrected chi connectivity index (χ1v) is 7.02. The van der Waals surface area contributed by atoms with Gasteiger partial charge in [0, 0.05) is 16.2 Å². The van der Waals surface area contributed by atoms with Gasteiger partial charge in [-0.15, -0.1) is 0 Å². The van der Waals surface area contributed by atoms with Crippen molar-refractivity contribution in [2.24, 2.45) is 0 Å². The predicted molar refractivity (Wildman–Crippen MR) is 80.9 cm³/mol. The van der Waals surface area contributed by atoms with E-state index in [-0.39, 0.29) is 5.91 Å². The highest BCUT2D eigenvalue weighted by molar-refractivity contribution is 9.10. The Labute approximate surface area is 126 Å². The number of nitrogens with zero attached hydrogens (tertiary/aromatic N) is 1. The molecule has 0 saturated heterocycles. The van der Waals surface area contributed by atoms with E-state index in [1.807, 2.05) is 31.2 Å². The highest BCUT2D eigenvalue weighted by atomic mass is 79.9. The lowest BCUT2D eigenvalue weighted by Crippen LogP contribution is -2.28. The molecular formula is C15H15BrN2O2. The van der Waals surface area contributed by atoms with Gasteiger partial charge in [0.25, 0.3) is 5.91 Å². The minimum atomic E-state index is -0.0929. The van der Waals surface area contributed by atoms with E-state index in [1.165, 1.54) is 0 Å². The molecule has 1 aromatic heterocycles. The summed E-state index contributed by atoms with van der Waals surface area (Å²) in [5.74, 6) is 0.578. The largest absolute Gasteiger partial charge is 0.490 e. The second kappa shape index (κ2) is 7.05. The Kier molecular flexibility index (Phi) is 5.12. The quantitative estimate of drug-likeness (QED) is 0.855. The number of benzene rings is 1. The maximum Gasteiger partial charge on any atom is 0.251 e. The van der Waals surface area contributed by atoms with E-state index in [9.17, 15) is 4.79 Å². The van der Waals surface area contributed by atoms with Crippen LogP contribution in [0.1, 0.15) is 15.9 Å². The molecule has 1 amide bonds. The summed E-state index contributed by atoms with van der Waals surface area (Å²) in [6, 6.07) is 9.30. The van der Waals surface area contributed by atoms with Gasteiger partial charge < -0.3 is 10.1 Å². The van der Waals surface area contributed by atoms with E-state index in [2.05, 4.69) is 26.2 Å². The lowest BCUT2D eigenvalue weighted by molar-refractivity contribution is 0.0947. The van der Waals surface area contributed by atoms with Crippen molar-refractivity contribution in [1.29, 1.82) is 0 Å². The minimum absolute atomic E-state index is 0.0929. The van der Waals surface area contributed by atoms with Crippen molar-refractivity contribution < 1.29 is 9.53 Å². The minimum Gasteiger partial charge on any atom is -0.490 e. The number of aryl methyl sites for hydroxylation is 1. The molecule has 2 aromatic rings. The van der Waals surface area contributed by atoms with Gasteiger partial charge >= 0.3 is 0 Å². The van der Waals surface area contributed by atoms with Gasteiger partial charge in [-0.2, -0.15) is 0 Å². The summed E-state index contributed by atoms with van der Waals surface area (Å²) in [5.41, 5.74) is 1.73. The van der Waals surface area contributed by atoms with E-state index in [1.54, 1.807) is 18.5 Å². The Morgan fingerprint density at radius 2 is 2.20 bits per heavy atom. The fraction of sp³-hybridized carbons (Fsp3) is 0.200. The average molecular weight is 335 g/mol. The van der Waals surface area contributed by atoms with Crippen LogP contribution in [-0.4, -0.2) is 24.0 Å². The summed E-state index contributed by atoms with van der Waals surface area (Å²) in [4.78, 5) is 15.9. The molecule has 0 saturated carbocycles. The van der Waals surface area contributed by atoms with Crippen LogP contribution < -0.4 is 10.1 Å². The number of halogens is 1. The molecule has 0 aliphatic heterocycles.